The molecule has 1 unspecified atom stereocenters. The number of nitrogens with zero attached hydrogens (tertiary/aromatic N) is 2. The van der Waals surface area contributed by atoms with Crippen molar-refractivity contribution < 1.29 is 4.79 Å². The van der Waals surface area contributed by atoms with Crippen molar-refractivity contribution in [3.05, 3.63) is 0 Å². The first-order chi connectivity index (χ1) is 7.83. The van der Waals surface area contributed by atoms with Crippen LogP contribution in [0.3, 0.4) is 0 Å². The van der Waals surface area contributed by atoms with Crippen molar-refractivity contribution in [2.75, 3.05) is 19.6 Å². The van der Waals surface area contributed by atoms with Gasteiger partial charge >= 0.3 is 0 Å². The molecule has 0 radical (unpaired) electrons. The smallest absolute Gasteiger partial charge is 0.250 e. The number of rotatable bonds is 2. The van der Waals surface area contributed by atoms with Gasteiger partial charge in [0.05, 0.1) is 6.04 Å². The highest BCUT2D eigenvalue weighted by molar-refractivity contribution is 5.83. The molecule has 2 saturated heterocycles. The van der Waals surface area contributed by atoms with E-state index in [0.717, 1.165) is 45.3 Å². The second-order valence-corrected chi connectivity index (χ2v) is 4.48. The van der Waals surface area contributed by atoms with E-state index in [0.29, 0.717) is 6.04 Å². The molecule has 2 heterocycles. The van der Waals surface area contributed by atoms with Gasteiger partial charge in [-0.3, -0.25) is 15.0 Å². The van der Waals surface area contributed by atoms with E-state index in [1.807, 2.05) is 0 Å². The van der Waals surface area contributed by atoms with Crippen LogP contribution in [0.2, 0.25) is 0 Å². The average Bonchev–Trinajstić information content (AvgIpc) is 2.79. The fourth-order valence-electron chi connectivity index (χ4n) is 2.78. The number of likely N-dealkylation sites (tertiary alicyclic amines) is 1. The number of nitrogens with one attached hydrogen (secondary N) is 2. The Balaban J connectivity index is 1.97. The molecular formula is C11H18N4O. The zero-order valence-electron chi connectivity index (χ0n) is 9.41. The van der Waals surface area contributed by atoms with Gasteiger partial charge in [0.15, 0.2) is 6.19 Å². The van der Waals surface area contributed by atoms with Gasteiger partial charge in [-0.2, -0.15) is 5.26 Å². The second kappa shape index (κ2) is 5.28. The van der Waals surface area contributed by atoms with Crippen LogP contribution in [0.1, 0.15) is 25.7 Å². The summed E-state index contributed by atoms with van der Waals surface area (Å²) in [7, 11) is 0. The molecule has 5 heteroatoms. The number of carbonyl (C=O) groups excluding carboxylic acids is 1. The van der Waals surface area contributed by atoms with Gasteiger partial charge in [-0.25, -0.2) is 0 Å². The van der Waals surface area contributed by atoms with Crippen LogP contribution in [0.5, 0.6) is 0 Å². The van der Waals surface area contributed by atoms with Gasteiger partial charge in [-0.05, 0) is 45.3 Å². The summed E-state index contributed by atoms with van der Waals surface area (Å²) in [4.78, 5) is 14.0. The van der Waals surface area contributed by atoms with Crippen molar-refractivity contribution in [3.63, 3.8) is 0 Å². The number of amides is 1. The minimum absolute atomic E-state index is 0.0808. The van der Waals surface area contributed by atoms with Gasteiger partial charge in [-0.15, -0.1) is 0 Å². The molecule has 2 aliphatic rings. The Kier molecular flexibility index (Phi) is 3.75. The lowest BCUT2D eigenvalue weighted by Gasteiger charge is -2.34. The van der Waals surface area contributed by atoms with E-state index >= 15 is 0 Å². The van der Waals surface area contributed by atoms with Crippen molar-refractivity contribution in [1.82, 2.24) is 15.5 Å². The van der Waals surface area contributed by atoms with Crippen LogP contribution >= 0.6 is 0 Å². The van der Waals surface area contributed by atoms with Crippen molar-refractivity contribution in [3.8, 4) is 6.19 Å². The maximum Gasteiger partial charge on any atom is 0.250 e. The molecule has 0 spiro atoms. The molecule has 2 rings (SSSR count). The highest BCUT2D eigenvalue weighted by atomic mass is 16.2. The second-order valence-electron chi connectivity index (χ2n) is 4.48. The number of carbonyl (C=O) groups is 1. The van der Waals surface area contributed by atoms with Gasteiger partial charge in [0, 0.05) is 6.04 Å². The Bertz CT molecular complexity index is 293. The zero-order chi connectivity index (χ0) is 11.4. The normalized spacial score (nSPS) is 27.6. The third kappa shape index (κ3) is 2.34. The lowest BCUT2D eigenvalue weighted by Crippen LogP contribution is -2.50. The minimum atomic E-state index is -0.126. The van der Waals surface area contributed by atoms with E-state index in [9.17, 15) is 4.79 Å². The zero-order valence-corrected chi connectivity index (χ0v) is 9.41. The highest BCUT2D eigenvalue weighted by Gasteiger charge is 2.35. The van der Waals surface area contributed by atoms with Crippen molar-refractivity contribution in [2.45, 2.75) is 37.8 Å². The molecular weight excluding hydrogens is 204 g/mol. The molecule has 0 aromatic rings. The van der Waals surface area contributed by atoms with E-state index in [2.05, 4.69) is 15.5 Å². The van der Waals surface area contributed by atoms with E-state index in [1.54, 1.807) is 6.19 Å². The number of piperidine rings is 1. The summed E-state index contributed by atoms with van der Waals surface area (Å²) < 4.78 is 0. The van der Waals surface area contributed by atoms with E-state index in [-0.39, 0.29) is 11.9 Å². The van der Waals surface area contributed by atoms with Gasteiger partial charge in [0.1, 0.15) is 0 Å². The van der Waals surface area contributed by atoms with Gasteiger partial charge < -0.3 is 5.32 Å². The largest absolute Gasteiger partial charge is 0.317 e. The first-order valence-electron chi connectivity index (χ1n) is 5.98. The fourth-order valence-corrected chi connectivity index (χ4v) is 2.78. The number of hydrogen-bond acceptors (Lipinski definition) is 4. The van der Waals surface area contributed by atoms with E-state index in [4.69, 9.17) is 5.26 Å². The molecule has 0 aromatic heterocycles. The Hall–Kier alpha value is -1.12. The molecule has 2 fully saturated rings. The predicted octanol–water partition coefficient (Wildman–Crippen LogP) is -0.200. The maximum absolute atomic E-state index is 11.7. The predicted molar refractivity (Wildman–Crippen MR) is 59.4 cm³/mol. The molecule has 0 aliphatic carbocycles. The van der Waals surface area contributed by atoms with Gasteiger partial charge in [-0.1, -0.05) is 0 Å². The Morgan fingerprint density at radius 1 is 1.38 bits per heavy atom. The molecule has 88 valence electrons. The maximum atomic E-state index is 11.7. The Morgan fingerprint density at radius 2 is 2.12 bits per heavy atom. The van der Waals surface area contributed by atoms with Crippen LogP contribution < -0.4 is 10.6 Å². The molecule has 2 N–H and O–H groups in total. The fraction of sp³-hybridized carbons (Fsp3) is 0.818. The average molecular weight is 222 g/mol. The van der Waals surface area contributed by atoms with Crippen molar-refractivity contribution >= 4 is 5.91 Å². The quantitative estimate of drug-likeness (QED) is 0.501. The molecule has 1 atom stereocenters. The Labute approximate surface area is 95.8 Å². The Morgan fingerprint density at radius 3 is 2.81 bits per heavy atom. The lowest BCUT2D eigenvalue weighted by atomic mass is 10.0. The highest BCUT2D eigenvalue weighted by Crippen LogP contribution is 2.24. The topological polar surface area (TPSA) is 68.2 Å². The van der Waals surface area contributed by atoms with Crippen LogP contribution in [-0.2, 0) is 4.79 Å². The SMILES string of the molecule is N#CNC(=O)C1CCCN1C1CCNCC1. The molecule has 0 bridgehead atoms. The van der Waals surface area contributed by atoms with Crippen LogP contribution in [-0.4, -0.2) is 42.5 Å². The molecule has 5 nitrogen and oxygen atoms in total. The van der Waals surface area contributed by atoms with Crippen molar-refractivity contribution in [1.29, 1.82) is 5.26 Å². The molecule has 0 aromatic carbocycles. The summed E-state index contributed by atoms with van der Waals surface area (Å²) in [6, 6.07) is 0.431. The number of nitriles is 1. The molecule has 1 amide bonds. The van der Waals surface area contributed by atoms with Crippen LogP contribution in [0.15, 0.2) is 0 Å². The third-order valence-electron chi connectivity index (χ3n) is 3.55. The molecule has 16 heavy (non-hydrogen) atoms. The first-order valence-corrected chi connectivity index (χ1v) is 5.98. The summed E-state index contributed by atoms with van der Waals surface area (Å²) in [5.41, 5.74) is 0. The summed E-state index contributed by atoms with van der Waals surface area (Å²) in [6.45, 7) is 3.07. The van der Waals surface area contributed by atoms with Crippen LogP contribution in [0.25, 0.3) is 0 Å². The summed E-state index contributed by atoms with van der Waals surface area (Å²) >= 11 is 0. The van der Waals surface area contributed by atoms with Gasteiger partial charge in [0.25, 0.3) is 0 Å². The lowest BCUT2D eigenvalue weighted by molar-refractivity contribution is -0.125. The third-order valence-corrected chi connectivity index (χ3v) is 3.55. The van der Waals surface area contributed by atoms with Gasteiger partial charge in [0.2, 0.25) is 5.91 Å². The summed E-state index contributed by atoms with van der Waals surface area (Å²) in [5.74, 6) is -0.126. The van der Waals surface area contributed by atoms with Crippen LogP contribution in [0.4, 0.5) is 0 Å². The first kappa shape index (κ1) is 11.4. The van der Waals surface area contributed by atoms with E-state index in [1.165, 1.54) is 0 Å². The minimum Gasteiger partial charge on any atom is -0.317 e. The monoisotopic (exact) mass is 222 g/mol. The van der Waals surface area contributed by atoms with Crippen LogP contribution in [0, 0.1) is 11.5 Å². The standard InChI is InChI=1S/C11H18N4O/c12-8-14-11(16)10-2-1-7-15(10)9-3-5-13-6-4-9/h9-10,13H,1-7H2,(H,14,16). The van der Waals surface area contributed by atoms with E-state index < -0.39 is 0 Å². The summed E-state index contributed by atoms with van der Waals surface area (Å²) in [5, 5.41) is 14.1. The molecule has 0 saturated carbocycles. The summed E-state index contributed by atoms with van der Waals surface area (Å²) in [6.07, 6.45) is 5.89. The molecule has 2 aliphatic heterocycles. The number of hydrogen-bond donors (Lipinski definition) is 2. The van der Waals surface area contributed by atoms with Crippen molar-refractivity contribution in [2.24, 2.45) is 0 Å².